The fraction of sp³-hybridized carbons (Fsp3) is 0.493. The van der Waals surface area contributed by atoms with Crippen LogP contribution in [0.15, 0.2) is 97.1 Å². The maximum atomic E-state index is 2.88. The number of anilines is 8. The lowest BCUT2D eigenvalue weighted by atomic mass is 9.36. The Kier molecular flexibility index (Phi) is 10.4. The molecule has 1 aromatic heterocycles. The van der Waals surface area contributed by atoms with Crippen LogP contribution in [0.4, 0.5) is 45.5 Å². The second kappa shape index (κ2) is 16.1. The van der Waals surface area contributed by atoms with E-state index < -0.39 is 0 Å². The number of para-hydroxylation sites is 1. The van der Waals surface area contributed by atoms with Crippen LogP contribution >= 0.6 is 11.3 Å². The monoisotopic (exact) mass is 1070 g/mol. The third-order valence-corrected chi connectivity index (χ3v) is 25.4. The van der Waals surface area contributed by atoms with Crippen molar-refractivity contribution < 1.29 is 0 Å². The van der Waals surface area contributed by atoms with E-state index in [0.29, 0.717) is 0 Å². The summed E-state index contributed by atoms with van der Waals surface area (Å²) in [5.41, 5.74) is 27.8. The normalized spacial score (nSPS) is 27.6. The molecule has 3 nitrogen and oxygen atoms in total. The molecule has 5 heteroatoms. The van der Waals surface area contributed by atoms with Crippen molar-refractivity contribution in [2.45, 2.75) is 237 Å². The summed E-state index contributed by atoms with van der Waals surface area (Å²) in [7, 11) is 0. The number of hydrogen-bond acceptors (Lipinski definition) is 4. The highest BCUT2D eigenvalue weighted by Crippen LogP contribution is 2.64. The Labute approximate surface area is 485 Å². The van der Waals surface area contributed by atoms with Crippen LogP contribution in [0.2, 0.25) is 0 Å². The molecule has 4 heterocycles. The number of benzene rings is 6. The van der Waals surface area contributed by atoms with Crippen LogP contribution < -0.4 is 30.4 Å². The third-order valence-electron chi connectivity index (χ3n) is 24.2. The summed E-state index contributed by atoms with van der Waals surface area (Å²) in [4.78, 5) is 8.55. The van der Waals surface area contributed by atoms with Crippen LogP contribution in [-0.2, 0) is 43.3 Å². The quantitative estimate of drug-likeness (QED) is 0.163. The van der Waals surface area contributed by atoms with Crippen molar-refractivity contribution in [1.29, 1.82) is 0 Å². The summed E-state index contributed by atoms with van der Waals surface area (Å²) >= 11 is 2.12. The van der Waals surface area contributed by atoms with Gasteiger partial charge >= 0.3 is 0 Å². The van der Waals surface area contributed by atoms with Crippen molar-refractivity contribution in [2.24, 2.45) is 0 Å². The molecule has 2 saturated carbocycles. The largest absolute Gasteiger partial charge is 0.334 e. The number of aryl methyl sites for hydroxylation is 1. The molecule has 6 aromatic carbocycles. The van der Waals surface area contributed by atoms with Gasteiger partial charge in [0.15, 0.2) is 0 Å². The van der Waals surface area contributed by atoms with Gasteiger partial charge in [0.1, 0.15) is 0 Å². The van der Waals surface area contributed by atoms with Gasteiger partial charge in [-0.05, 0) is 232 Å². The van der Waals surface area contributed by atoms with Crippen LogP contribution in [0.25, 0.3) is 10.1 Å². The van der Waals surface area contributed by atoms with Gasteiger partial charge in [-0.15, -0.1) is 11.3 Å². The standard InChI is InChI=1S/C75H88BN3S/c1-45-37-52-54(71(11,12)32-31-69(52,7)8)43-59(45)78-60-38-46(67(2,3)4)23-26-57(60)76-64-61(40-48(41-62(64)78)79-58-22-18-17-21-51(58)74(15)27-19-20-28-75(74,79)16)77(47-24-25-50-53(39-47)70(9,10)30-29-68(50,5)6)65-49-42-55-56(44-63(49)80-66(65)76)73(14)35-33-72(55,13)34-36-73/h17-18,21-26,37-44H,19-20,27-36H2,1-16H3. The Balaban J connectivity index is 1.10. The molecule has 0 radical (unpaired) electrons. The topological polar surface area (TPSA) is 9.72 Å². The summed E-state index contributed by atoms with van der Waals surface area (Å²) in [6.07, 6.45) is 14.8. The molecule has 0 amide bonds. The molecule has 2 fully saturated rings. The third kappa shape index (κ3) is 6.74. The Morgan fingerprint density at radius 2 is 1.05 bits per heavy atom. The number of thiophene rings is 1. The summed E-state index contributed by atoms with van der Waals surface area (Å²) in [6.45, 7) is 40.2. The Morgan fingerprint density at radius 1 is 0.463 bits per heavy atom. The first-order valence-corrected chi connectivity index (χ1v) is 32.2. The predicted octanol–water partition coefficient (Wildman–Crippen LogP) is 19.1. The fourth-order valence-electron chi connectivity index (χ4n) is 18.3. The van der Waals surface area contributed by atoms with Gasteiger partial charge < -0.3 is 14.7 Å². The lowest BCUT2D eigenvalue weighted by Crippen LogP contribution is -2.61. The van der Waals surface area contributed by atoms with Crippen molar-refractivity contribution in [3.8, 4) is 0 Å². The Bertz CT molecular complexity index is 3850. The molecule has 6 aliphatic carbocycles. The summed E-state index contributed by atoms with van der Waals surface area (Å²) < 4.78 is 2.95. The zero-order valence-electron chi connectivity index (χ0n) is 51.6. The van der Waals surface area contributed by atoms with Crippen molar-refractivity contribution in [3.63, 3.8) is 0 Å². The molecule has 2 atom stereocenters. The van der Waals surface area contributed by atoms with Gasteiger partial charge in [0.2, 0.25) is 0 Å². The zero-order chi connectivity index (χ0) is 56.0. The predicted molar refractivity (Wildman–Crippen MR) is 346 cm³/mol. The van der Waals surface area contributed by atoms with E-state index >= 15 is 0 Å². The average molecular weight is 1070 g/mol. The molecular weight excluding hydrogens is 986 g/mol. The molecule has 16 rings (SSSR count). The second-order valence-corrected chi connectivity index (χ2v) is 33.1. The maximum Gasteiger partial charge on any atom is 0.264 e. The van der Waals surface area contributed by atoms with E-state index in [1.807, 2.05) is 0 Å². The van der Waals surface area contributed by atoms with Gasteiger partial charge in [-0.2, -0.15) is 0 Å². The molecule has 0 spiro atoms. The van der Waals surface area contributed by atoms with Crippen molar-refractivity contribution in [1.82, 2.24) is 0 Å². The number of rotatable bonds is 3. The molecule has 7 aromatic rings. The summed E-state index contributed by atoms with van der Waals surface area (Å²) in [5.74, 6) is 0. The van der Waals surface area contributed by atoms with Gasteiger partial charge in [0, 0.05) is 60.1 Å². The van der Waals surface area contributed by atoms with E-state index in [4.69, 9.17) is 0 Å². The van der Waals surface area contributed by atoms with Gasteiger partial charge in [-0.3, -0.25) is 0 Å². The summed E-state index contributed by atoms with van der Waals surface area (Å²) in [5, 5.41) is 1.44. The Morgan fingerprint density at radius 3 is 1.71 bits per heavy atom. The summed E-state index contributed by atoms with van der Waals surface area (Å²) in [6, 6.07) is 41.3. The first kappa shape index (κ1) is 51.6. The van der Waals surface area contributed by atoms with Crippen LogP contribution in [0, 0.1) is 6.92 Å². The molecule has 3 aliphatic heterocycles. The smallest absolute Gasteiger partial charge is 0.264 e. The molecule has 2 unspecified atom stereocenters. The van der Waals surface area contributed by atoms with Crippen molar-refractivity contribution >= 4 is 89.3 Å². The number of hydrogen-bond donors (Lipinski definition) is 0. The van der Waals surface area contributed by atoms with Crippen LogP contribution in [0.1, 0.15) is 231 Å². The molecule has 0 N–H and O–H groups in total. The molecule has 412 valence electrons. The molecule has 9 aliphatic rings. The number of nitrogens with zero attached hydrogens (tertiary/aromatic N) is 3. The molecular formula is C75H88BN3S. The van der Waals surface area contributed by atoms with Gasteiger partial charge in [-0.1, -0.05) is 152 Å². The van der Waals surface area contributed by atoms with Crippen molar-refractivity contribution in [2.75, 3.05) is 14.7 Å². The van der Waals surface area contributed by atoms with Gasteiger partial charge in [0.25, 0.3) is 6.71 Å². The zero-order valence-corrected chi connectivity index (χ0v) is 52.4. The van der Waals surface area contributed by atoms with Crippen LogP contribution in [-0.4, -0.2) is 12.3 Å². The van der Waals surface area contributed by atoms with E-state index in [0.717, 1.165) is 6.42 Å². The van der Waals surface area contributed by atoms with E-state index in [2.05, 4.69) is 234 Å². The van der Waals surface area contributed by atoms with E-state index in [-0.39, 0.29) is 55.6 Å². The van der Waals surface area contributed by atoms with Crippen LogP contribution in [0.5, 0.6) is 0 Å². The fourth-order valence-corrected chi connectivity index (χ4v) is 19.6. The van der Waals surface area contributed by atoms with Crippen molar-refractivity contribution in [3.05, 3.63) is 147 Å². The first-order chi connectivity index (χ1) is 37.6. The Hall–Kier alpha value is -5.26. The lowest BCUT2D eigenvalue weighted by molar-refractivity contribution is 0.188. The van der Waals surface area contributed by atoms with E-state index in [1.165, 1.54) is 181 Å². The van der Waals surface area contributed by atoms with Gasteiger partial charge in [-0.25, -0.2) is 0 Å². The molecule has 2 bridgehead atoms. The highest BCUT2D eigenvalue weighted by atomic mass is 32.1. The van der Waals surface area contributed by atoms with E-state index in [9.17, 15) is 0 Å². The minimum Gasteiger partial charge on any atom is -0.334 e. The molecule has 0 saturated heterocycles. The van der Waals surface area contributed by atoms with Gasteiger partial charge in [0.05, 0.1) is 11.2 Å². The average Bonchev–Trinajstić information content (AvgIpc) is 4.01. The highest BCUT2D eigenvalue weighted by Gasteiger charge is 2.59. The first-order valence-electron chi connectivity index (χ1n) is 31.3. The second-order valence-electron chi connectivity index (χ2n) is 32.0. The minimum absolute atomic E-state index is 0.0113. The lowest BCUT2D eigenvalue weighted by Gasteiger charge is -2.52. The maximum absolute atomic E-state index is 2.88. The number of fused-ring (bicyclic) bond motifs is 13. The van der Waals surface area contributed by atoms with E-state index in [1.54, 1.807) is 11.1 Å². The molecule has 80 heavy (non-hydrogen) atoms. The highest BCUT2D eigenvalue weighted by molar-refractivity contribution is 7.33. The SMILES string of the molecule is Cc1cc2c(cc1N1c3cc(C(C)(C)C)ccc3B3c4sc5cc6c(cc5c4N(c4ccc5c(c4)C(C)(C)CCC5(C)C)c4cc(N5c7ccccc7C7(C)CCCCC57C)cc1c43)C1(C)CCC6(C)CC1)C(C)(C)CCC2(C)C. The van der Waals surface area contributed by atoms with Crippen LogP contribution in [0.3, 0.4) is 0 Å². The minimum atomic E-state index is -0.117.